The van der Waals surface area contributed by atoms with E-state index in [0.717, 1.165) is 17.5 Å². The molecule has 1 aromatic carbocycles. The molecule has 0 radical (unpaired) electrons. The summed E-state index contributed by atoms with van der Waals surface area (Å²) in [4.78, 5) is 4.35. The average Bonchev–Trinajstić information content (AvgIpc) is 2.81. The predicted molar refractivity (Wildman–Crippen MR) is 81.5 cm³/mol. The first kappa shape index (κ1) is 14.2. The summed E-state index contributed by atoms with van der Waals surface area (Å²) in [7, 11) is 2.03. The molecule has 0 saturated carbocycles. The number of imidazole rings is 1. The second-order valence-electron chi connectivity index (χ2n) is 4.65. The van der Waals surface area contributed by atoms with Gasteiger partial charge >= 0.3 is 0 Å². The van der Waals surface area contributed by atoms with Crippen molar-refractivity contribution in [1.29, 1.82) is 0 Å². The molecule has 1 N–H and O–H groups in total. The highest BCUT2D eigenvalue weighted by Gasteiger charge is 2.12. The monoisotopic (exact) mass is 275 g/mol. The Bertz CT molecular complexity index is 504. The highest BCUT2D eigenvalue weighted by molar-refractivity contribution is 7.99. The molecule has 1 unspecified atom stereocenters. The molecule has 0 bridgehead atoms. The number of nitrogens with one attached hydrogen (secondary N) is 1. The van der Waals surface area contributed by atoms with Gasteiger partial charge in [0.15, 0.2) is 5.16 Å². The van der Waals surface area contributed by atoms with Crippen molar-refractivity contribution in [3.63, 3.8) is 0 Å². The van der Waals surface area contributed by atoms with Crippen LogP contribution in [0.25, 0.3) is 0 Å². The maximum atomic E-state index is 4.35. The summed E-state index contributed by atoms with van der Waals surface area (Å²) in [6, 6.07) is 9.13. The largest absolute Gasteiger partial charge is 0.329 e. The Labute approximate surface area is 119 Å². The van der Waals surface area contributed by atoms with E-state index in [1.54, 1.807) is 11.8 Å². The van der Waals surface area contributed by atoms with Gasteiger partial charge in [-0.3, -0.25) is 0 Å². The van der Waals surface area contributed by atoms with Gasteiger partial charge < -0.3 is 9.88 Å². The van der Waals surface area contributed by atoms with Crippen LogP contribution in [-0.2, 0) is 7.05 Å². The molecule has 2 rings (SSSR count). The molecule has 102 valence electrons. The molecule has 0 saturated heterocycles. The summed E-state index contributed by atoms with van der Waals surface area (Å²) in [5.74, 6) is 0.988. The van der Waals surface area contributed by atoms with E-state index in [9.17, 15) is 0 Å². The second kappa shape index (κ2) is 6.78. The third-order valence-electron chi connectivity index (χ3n) is 3.09. The molecule has 0 aliphatic rings. The molecular weight excluding hydrogens is 254 g/mol. The zero-order valence-corrected chi connectivity index (χ0v) is 12.6. The Morgan fingerprint density at radius 3 is 2.63 bits per heavy atom. The van der Waals surface area contributed by atoms with Crippen molar-refractivity contribution in [2.75, 3.05) is 12.3 Å². The number of thioether (sulfide) groups is 1. The summed E-state index contributed by atoms with van der Waals surface area (Å²) in [6.45, 7) is 5.24. The second-order valence-corrected chi connectivity index (χ2v) is 5.64. The van der Waals surface area contributed by atoms with Crippen LogP contribution < -0.4 is 5.32 Å². The quantitative estimate of drug-likeness (QED) is 0.821. The van der Waals surface area contributed by atoms with Crippen molar-refractivity contribution >= 4 is 11.8 Å². The molecule has 0 amide bonds. The average molecular weight is 275 g/mol. The smallest absolute Gasteiger partial charge is 0.167 e. The summed E-state index contributed by atoms with van der Waals surface area (Å²) < 4.78 is 2.06. The standard InChI is InChI=1S/C15H21N3S/c1-4-16-14(13-7-5-12(2)6-8-13)11-19-15-17-9-10-18(15)3/h5-10,14,16H,4,11H2,1-3H3. The maximum absolute atomic E-state index is 4.35. The molecule has 4 heteroatoms. The molecule has 0 aliphatic heterocycles. The summed E-state index contributed by atoms with van der Waals surface area (Å²) >= 11 is 1.79. The van der Waals surface area contributed by atoms with E-state index in [4.69, 9.17) is 0 Å². The van der Waals surface area contributed by atoms with Gasteiger partial charge in [-0.1, -0.05) is 48.5 Å². The third kappa shape index (κ3) is 3.85. The molecule has 3 nitrogen and oxygen atoms in total. The number of benzene rings is 1. The Kier molecular flexibility index (Phi) is 5.05. The van der Waals surface area contributed by atoms with Crippen LogP contribution in [0, 0.1) is 6.92 Å². The van der Waals surface area contributed by atoms with Crippen molar-refractivity contribution in [2.45, 2.75) is 25.0 Å². The number of hydrogen-bond donors (Lipinski definition) is 1. The Morgan fingerprint density at radius 2 is 2.05 bits per heavy atom. The van der Waals surface area contributed by atoms with E-state index >= 15 is 0 Å². The van der Waals surface area contributed by atoms with Crippen LogP contribution in [0.4, 0.5) is 0 Å². The minimum absolute atomic E-state index is 0.368. The molecule has 1 aromatic heterocycles. The topological polar surface area (TPSA) is 29.9 Å². The predicted octanol–water partition coefficient (Wildman–Crippen LogP) is 3.17. The normalized spacial score (nSPS) is 12.6. The lowest BCUT2D eigenvalue weighted by molar-refractivity contribution is 0.604. The fraction of sp³-hybridized carbons (Fsp3) is 0.400. The van der Waals surface area contributed by atoms with Crippen LogP contribution in [0.3, 0.4) is 0 Å². The maximum Gasteiger partial charge on any atom is 0.167 e. The lowest BCUT2D eigenvalue weighted by Gasteiger charge is -2.18. The molecule has 2 aromatic rings. The van der Waals surface area contributed by atoms with E-state index in [0.29, 0.717) is 6.04 Å². The van der Waals surface area contributed by atoms with Crippen LogP contribution >= 0.6 is 11.8 Å². The Balaban J connectivity index is 2.04. The molecule has 1 heterocycles. The molecular formula is C15H21N3S. The van der Waals surface area contributed by atoms with E-state index < -0.39 is 0 Å². The molecule has 1 atom stereocenters. The number of rotatable bonds is 6. The van der Waals surface area contributed by atoms with E-state index in [1.807, 2.05) is 19.4 Å². The van der Waals surface area contributed by atoms with Gasteiger partial charge in [0.2, 0.25) is 0 Å². The number of nitrogens with zero attached hydrogens (tertiary/aromatic N) is 2. The van der Waals surface area contributed by atoms with E-state index in [1.165, 1.54) is 11.1 Å². The highest BCUT2D eigenvalue weighted by atomic mass is 32.2. The fourth-order valence-electron chi connectivity index (χ4n) is 1.97. The van der Waals surface area contributed by atoms with Crippen LogP contribution in [0.2, 0.25) is 0 Å². The van der Waals surface area contributed by atoms with Crippen LogP contribution in [-0.4, -0.2) is 21.8 Å². The van der Waals surface area contributed by atoms with Gasteiger partial charge in [-0.15, -0.1) is 0 Å². The third-order valence-corrected chi connectivity index (χ3v) is 4.24. The minimum atomic E-state index is 0.368. The summed E-state index contributed by atoms with van der Waals surface area (Å²) in [5, 5.41) is 4.61. The first-order chi connectivity index (χ1) is 9.20. The highest BCUT2D eigenvalue weighted by Crippen LogP contribution is 2.23. The van der Waals surface area contributed by atoms with Crippen molar-refractivity contribution in [1.82, 2.24) is 14.9 Å². The fourth-order valence-corrected chi connectivity index (χ4v) is 2.99. The summed E-state index contributed by atoms with van der Waals surface area (Å²) in [6.07, 6.45) is 3.83. The van der Waals surface area contributed by atoms with Gasteiger partial charge in [-0.25, -0.2) is 4.98 Å². The van der Waals surface area contributed by atoms with Crippen molar-refractivity contribution in [3.05, 3.63) is 47.8 Å². The Hall–Kier alpha value is -1.26. The van der Waals surface area contributed by atoms with Crippen molar-refractivity contribution < 1.29 is 0 Å². The number of aromatic nitrogens is 2. The van der Waals surface area contributed by atoms with Gasteiger partial charge in [0, 0.05) is 31.2 Å². The van der Waals surface area contributed by atoms with Crippen molar-refractivity contribution in [3.8, 4) is 0 Å². The van der Waals surface area contributed by atoms with Crippen LogP contribution in [0.15, 0.2) is 41.8 Å². The SMILES string of the molecule is CCNC(CSc1nccn1C)c1ccc(C)cc1. The van der Waals surface area contributed by atoms with E-state index in [2.05, 4.69) is 53.0 Å². The van der Waals surface area contributed by atoms with Crippen molar-refractivity contribution in [2.24, 2.45) is 7.05 Å². The number of aryl methyl sites for hydroxylation is 2. The van der Waals surface area contributed by atoms with Gasteiger partial charge in [-0.05, 0) is 19.0 Å². The van der Waals surface area contributed by atoms with Crippen LogP contribution in [0.5, 0.6) is 0 Å². The zero-order chi connectivity index (χ0) is 13.7. The lowest BCUT2D eigenvalue weighted by atomic mass is 10.1. The van der Waals surface area contributed by atoms with Gasteiger partial charge in [0.1, 0.15) is 0 Å². The minimum Gasteiger partial charge on any atom is -0.329 e. The van der Waals surface area contributed by atoms with Crippen LogP contribution in [0.1, 0.15) is 24.1 Å². The van der Waals surface area contributed by atoms with Gasteiger partial charge in [-0.2, -0.15) is 0 Å². The molecule has 0 fully saturated rings. The lowest BCUT2D eigenvalue weighted by Crippen LogP contribution is -2.23. The van der Waals surface area contributed by atoms with Gasteiger partial charge in [0.25, 0.3) is 0 Å². The molecule has 19 heavy (non-hydrogen) atoms. The van der Waals surface area contributed by atoms with Gasteiger partial charge in [0.05, 0.1) is 0 Å². The first-order valence-electron chi connectivity index (χ1n) is 6.60. The first-order valence-corrected chi connectivity index (χ1v) is 7.59. The number of hydrogen-bond acceptors (Lipinski definition) is 3. The summed E-state index contributed by atoms with van der Waals surface area (Å²) in [5.41, 5.74) is 2.64. The molecule has 0 spiro atoms. The molecule has 0 aliphatic carbocycles. The zero-order valence-electron chi connectivity index (χ0n) is 11.8. The van der Waals surface area contributed by atoms with E-state index in [-0.39, 0.29) is 0 Å². The Morgan fingerprint density at radius 1 is 1.32 bits per heavy atom.